The summed E-state index contributed by atoms with van der Waals surface area (Å²) in [4.78, 5) is 28.7. The molecular weight excluding hydrogens is 404 g/mol. The van der Waals surface area contributed by atoms with Crippen LogP contribution >= 0.6 is 0 Å². The highest BCUT2D eigenvalue weighted by Gasteiger charge is 2.38. The van der Waals surface area contributed by atoms with Crippen LogP contribution in [0.2, 0.25) is 0 Å². The van der Waals surface area contributed by atoms with Crippen molar-refractivity contribution >= 4 is 5.65 Å². The first-order valence-corrected chi connectivity index (χ1v) is 11.0. The second-order valence-electron chi connectivity index (χ2n) is 8.72. The summed E-state index contributed by atoms with van der Waals surface area (Å²) in [6.07, 6.45) is 7.16. The molecule has 8 nitrogen and oxygen atoms in total. The Kier molecular flexibility index (Phi) is 4.53. The lowest BCUT2D eigenvalue weighted by Crippen LogP contribution is -2.36. The van der Waals surface area contributed by atoms with Crippen molar-refractivity contribution in [1.82, 2.24) is 29.5 Å². The van der Waals surface area contributed by atoms with E-state index in [1.165, 1.54) is 5.56 Å². The zero-order valence-electron chi connectivity index (χ0n) is 17.9. The fourth-order valence-electron chi connectivity index (χ4n) is 5.09. The molecule has 0 aliphatic carbocycles. The van der Waals surface area contributed by atoms with E-state index in [1.54, 1.807) is 23.0 Å². The summed E-state index contributed by atoms with van der Waals surface area (Å²) in [7, 11) is 0. The van der Waals surface area contributed by atoms with Crippen molar-refractivity contribution in [3.05, 3.63) is 81.7 Å². The van der Waals surface area contributed by atoms with Crippen LogP contribution in [0.4, 0.5) is 0 Å². The lowest BCUT2D eigenvalue weighted by atomic mass is 9.98. The number of hydrogen-bond donors (Lipinski definition) is 1. The average molecular weight is 428 g/mol. The summed E-state index contributed by atoms with van der Waals surface area (Å²) >= 11 is 0. The summed E-state index contributed by atoms with van der Waals surface area (Å²) in [5, 5.41) is 3.12. The molecule has 8 heteroatoms. The van der Waals surface area contributed by atoms with Crippen LogP contribution in [-0.4, -0.2) is 41.5 Å². The zero-order valence-corrected chi connectivity index (χ0v) is 17.9. The number of nitrogens with one attached hydrogen (secondary N) is 1. The second kappa shape index (κ2) is 7.56. The number of aryl methyl sites for hydroxylation is 1. The molecule has 0 unspecified atom stereocenters. The van der Waals surface area contributed by atoms with Crippen molar-refractivity contribution in [3.63, 3.8) is 0 Å². The standard InChI is InChI=1S/C24H24N6O2/c1-15-11-22-27-21-13-18-6-5-17(12-20(21)23(31)30(22)28-15)29(18)14-16-3-7-19(8-4-16)32-24-25-9-2-10-26-24/h2-4,7-11,17-18,28H,5-6,12-14H2,1H3/t17-,18-/m1/s1. The SMILES string of the molecule is Cc1cc2nc3c(c(=O)n2[nH]1)C[C@H]1CC[C@H](C3)N1Cc1ccc(Oc2ncccn2)cc1. The molecule has 4 aromatic rings. The van der Waals surface area contributed by atoms with E-state index in [2.05, 4.69) is 32.1 Å². The van der Waals surface area contributed by atoms with Gasteiger partial charge in [0.05, 0.1) is 5.69 Å². The Labute approximate surface area is 184 Å². The quantitative estimate of drug-likeness (QED) is 0.538. The highest BCUT2D eigenvalue weighted by Crippen LogP contribution is 2.34. The van der Waals surface area contributed by atoms with Gasteiger partial charge in [0.25, 0.3) is 5.56 Å². The molecule has 1 N–H and O–H groups in total. The van der Waals surface area contributed by atoms with Gasteiger partial charge >= 0.3 is 6.01 Å². The number of benzene rings is 1. The number of aromatic amines is 1. The molecule has 1 fully saturated rings. The van der Waals surface area contributed by atoms with Crippen LogP contribution in [0.1, 0.15) is 35.4 Å². The fraction of sp³-hybridized carbons (Fsp3) is 0.333. The predicted molar refractivity (Wildman–Crippen MR) is 119 cm³/mol. The number of nitrogens with zero attached hydrogens (tertiary/aromatic N) is 5. The van der Waals surface area contributed by atoms with E-state index in [-0.39, 0.29) is 5.56 Å². The van der Waals surface area contributed by atoms with Crippen molar-refractivity contribution in [2.45, 2.75) is 51.2 Å². The molecule has 0 saturated carbocycles. The van der Waals surface area contributed by atoms with Crippen molar-refractivity contribution in [2.24, 2.45) is 0 Å². The molecule has 2 bridgehead atoms. The maximum Gasteiger partial charge on any atom is 0.321 e. The van der Waals surface area contributed by atoms with E-state index in [4.69, 9.17) is 9.72 Å². The first-order chi connectivity index (χ1) is 15.6. The normalized spacial score (nSPS) is 20.3. The predicted octanol–water partition coefficient (Wildman–Crippen LogP) is 3.05. The molecule has 1 saturated heterocycles. The van der Waals surface area contributed by atoms with Crippen LogP contribution in [0.3, 0.4) is 0 Å². The number of aromatic nitrogens is 5. The summed E-state index contributed by atoms with van der Waals surface area (Å²) in [5.74, 6) is 0.716. The number of hydrogen-bond acceptors (Lipinski definition) is 6. The van der Waals surface area contributed by atoms with Gasteiger partial charge in [0, 0.05) is 54.8 Å². The monoisotopic (exact) mass is 428 g/mol. The molecule has 0 radical (unpaired) electrons. The van der Waals surface area contributed by atoms with E-state index < -0.39 is 0 Å². The van der Waals surface area contributed by atoms with Gasteiger partial charge in [0.2, 0.25) is 0 Å². The largest absolute Gasteiger partial charge is 0.424 e. The smallest absolute Gasteiger partial charge is 0.321 e. The molecule has 162 valence electrons. The van der Waals surface area contributed by atoms with Gasteiger partial charge in [-0.05, 0) is 49.9 Å². The lowest BCUT2D eigenvalue weighted by molar-refractivity contribution is 0.187. The van der Waals surface area contributed by atoms with Crippen LogP contribution in [0.5, 0.6) is 11.8 Å². The number of H-pyrrole nitrogens is 1. The minimum atomic E-state index is 0.0511. The topological polar surface area (TPSA) is 88.4 Å². The van der Waals surface area contributed by atoms with Gasteiger partial charge in [-0.2, -0.15) is 0 Å². The van der Waals surface area contributed by atoms with Crippen LogP contribution in [0, 0.1) is 6.92 Å². The Morgan fingerprint density at radius 1 is 1.09 bits per heavy atom. The van der Waals surface area contributed by atoms with Gasteiger partial charge in [-0.1, -0.05) is 12.1 Å². The van der Waals surface area contributed by atoms with Crippen LogP contribution in [0.25, 0.3) is 5.65 Å². The summed E-state index contributed by atoms with van der Waals surface area (Å²) in [5.41, 5.74) is 4.78. The molecule has 2 aliphatic rings. The Morgan fingerprint density at radius 2 is 1.84 bits per heavy atom. The minimum absolute atomic E-state index is 0.0511. The van der Waals surface area contributed by atoms with Crippen LogP contribution in [0.15, 0.2) is 53.6 Å². The molecule has 6 rings (SSSR count). The first kappa shape index (κ1) is 19.2. The van der Waals surface area contributed by atoms with Crippen molar-refractivity contribution in [3.8, 4) is 11.8 Å². The van der Waals surface area contributed by atoms with E-state index in [0.717, 1.165) is 49.2 Å². The number of rotatable bonds is 4. The second-order valence-corrected chi connectivity index (χ2v) is 8.72. The third-order valence-electron chi connectivity index (χ3n) is 6.60. The average Bonchev–Trinajstić information content (AvgIpc) is 3.30. The Morgan fingerprint density at radius 3 is 2.62 bits per heavy atom. The molecule has 5 heterocycles. The van der Waals surface area contributed by atoms with Gasteiger partial charge in [-0.3, -0.25) is 14.8 Å². The van der Waals surface area contributed by atoms with Gasteiger partial charge in [0.1, 0.15) is 5.75 Å². The summed E-state index contributed by atoms with van der Waals surface area (Å²) < 4.78 is 7.30. The minimum Gasteiger partial charge on any atom is -0.424 e. The number of ether oxygens (including phenoxy) is 1. The Bertz CT molecular complexity index is 1330. The van der Waals surface area contributed by atoms with Gasteiger partial charge in [0.15, 0.2) is 5.65 Å². The molecule has 0 spiro atoms. The molecule has 2 aliphatic heterocycles. The molecule has 1 aromatic carbocycles. The van der Waals surface area contributed by atoms with E-state index >= 15 is 0 Å². The van der Waals surface area contributed by atoms with Crippen molar-refractivity contribution < 1.29 is 4.74 Å². The zero-order chi connectivity index (χ0) is 21.7. The van der Waals surface area contributed by atoms with Crippen LogP contribution < -0.4 is 10.3 Å². The maximum atomic E-state index is 13.1. The molecule has 32 heavy (non-hydrogen) atoms. The van der Waals surface area contributed by atoms with Gasteiger partial charge < -0.3 is 4.74 Å². The first-order valence-electron chi connectivity index (χ1n) is 11.0. The number of fused-ring (bicyclic) bond motifs is 4. The third kappa shape index (κ3) is 3.36. The molecule has 3 aromatic heterocycles. The molecule has 2 atom stereocenters. The van der Waals surface area contributed by atoms with E-state index in [9.17, 15) is 4.79 Å². The van der Waals surface area contributed by atoms with Crippen molar-refractivity contribution in [2.75, 3.05) is 0 Å². The van der Waals surface area contributed by atoms with Gasteiger partial charge in [-0.25, -0.2) is 19.5 Å². The lowest BCUT2D eigenvalue weighted by Gasteiger charge is -2.27. The Balaban J connectivity index is 1.23. The Hall–Kier alpha value is -3.52. The maximum absolute atomic E-state index is 13.1. The third-order valence-corrected chi connectivity index (χ3v) is 6.60. The van der Waals surface area contributed by atoms with E-state index in [1.807, 2.05) is 25.1 Å². The highest BCUT2D eigenvalue weighted by atomic mass is 16.5. The fourth-order valence-corrected chi connectivity index (χ4v) is 5.09. The summed E-state index contributed by atoms with van der Waals surface area (Å²) in [6.45, 7) is 2.80. The molecular formula is C24H24N6O2. The van der Waals surface area contributed by atoms with E-state index in [0.29, 0.717) is 29.5 Å². The molecule has 0 amide bonds. The summed E-state index contributed by atoms with van der Waals surface area (Å²) in [6, 6.07) is 12.9. The van der Waals surface area contributed by atoms with Gasteiger partial charge in [-0.15, -0.1) is 0 Å². The van der Waals surface area contributed by atoms with Crippen molar-refractivity contribution in [1.29, 1.82) is 0 Å². The van der Waals surface area contributed by atoms with Crippen LogP contribution in [-0.2, 0) is 19.4 Å². The highest BCUT2D eigenvalue weighted by molar-refractivity contribution is 5.42.